The molecule has 0 saturated carbocycles. The van der Waals surface area contributed by atoms with Gasteiger partial charge in [-0.1, -0.05) is 0 Å². The molecule has 23 heavy (non-hydrogen) atoms. The van der Waals surface area contributed by atoms with Crippen LogP contribution in [-0.4, -0.2) is 41.9 Å². The fraction of sp³-hybridized carbons (Fsp3) is 0.286. The second-order valence-corrected chi connectivity index (χ2v) is 4.86. The van der Waals surface area contributed by atoms with Gasteiger partial charge in [-0.25, -0.2) is 0 Å². The Morgan fingerprint density at radius 3 is 2.70 bits per heavy atom. The summed E-state index contributed by atoms with van der Waals surface area (Å²) in [4.78, 5) is 46.2. The normalized spacial score (nSPS) is 13.0. The lowest BCUT2D eigenvalue weighted by atomic mass is 10.2. The number of nitrogens with two attached hydrogens (primary N) is 1. The Morgan fingerprint density at radius 2 is 2.04 bits per heavy atom. The van der Waals surface area contributed by atoms with Crippen molar-refractivity contribution in [2.45, 2.75) is 12.8 Å². The van der Waals surface area contributed by atoms with E-state index in [0.717, 1.165) is 0 Å². The van der Waals surface area contributed by atoms with Crippen LogP contribution in [0, 0.1) is 0 Å². The van der Waals surface area contributed by atoms with Gasteiger partial charge in [0, 0.05) is 12.1 Å². The summed E-state index contributed by atoms with van der Waals surface area (Å²) >= 11 is 0. The molecule has 1 aliphatic rings. The van der Waals surface area contributed by atoms with E-state index in [1.165, 1.54) is 11.0 Å². The Labute approximate surface area is 131 Å². The third-order valence-corrected chi connectivity index (χ3v) is 3.07. The van der Waals surface area contributed by atoms with E-state index >= 15 is 0 Å². The van der Waals surface area contributed by atoms with Crippen molar-refractivity contribution in [2.75, 3.05) is 23.4 Å². The van der Waals surface area contributed by atoms with E-state index in [-0.39, 0.29) is 26.0 Å². The third kappa shape index (κ3) is 4.19. The number of fused-ring (bicyclic) bond motifs is 1. The molecule has 0 radical (unpaired) electrons. The number of aliphatic carboxylic acids is 1. The zero-order valence-corrected chi connectivity index (χ0v) is 12.1. The first-order valence-electron chi connectivity index (χ1n) is 6.74. The molecule has 3 amide bonds. The van der Waals surface area contributed by atoms with Crippen molar-refractivity contribution in [3.05, 3.63) is 18.2 Å². The summed E-state index contributed by atoms with van der Waals surface area (Å²) in [7, 11) is 0. The average molecular weight is 321 g/mol. The first-order chi connectivity index (χ1) is 10.9. The largest absolute Gasteiger partial charge is 0.482 e. The van der Waals surface area contributed by atoms with Crippen molar-refractivity contribution >= 4 is 35.1 Å². The summed E-state index contributed by atoms with van der Waals surface area (Å²) in [6, 6.07) is 4.56. The molecule has 0 aliphatic carbocycles. The molecular weight excluding hydrogens is 306 g/mol. The van der Waals surface area contributed by atoms with Crippen LogP contribution in [0.5, 0.6) is 5.75 Å². The second kappa shape index (κ2) is 6.77. The van der Waals surface area contributed by atoms with Gasteiger partial charge in [-0.2, -0.15) is 0 Å². The number of primary amides is 1. The van der Waals surface area contributed by atoms with Gasteiger partial charge in [0.15, 0.2) is 6.61 Å². The highest BCUT2D eigenvalue weighted by atomic mass is 16.5. The van der Waals surface area contributed by atoms with Crippen molar-refractivity contribution in [1.82, 2.24) is 0 Å². The predicted molar refractivity (Wildman–Crippen MR) is 79.0 cm³/mol. The summed E-state index contributed by atoms with van der Waals surface area (Å²) in [6.07, 6.45) is -0.459. The highest BCUT2D eigenvalue weighted by Crippen LogP contribution is 2.34. The van der Waals surface area contributed by atoms with Gasteiger partial charge < -0.3 is 20.9 Å². The molecule has 1 aromatic rings. The Kier molecular flexibility index (Phi) is 4.79. The van der Waals surface area contributed by atoms with Crippen molar-refractivity contribution < 1.29 is 29.0 Å². The number of nitrogens with one attached hydrogen (secondary N) is 1. The Balaban J connectivity index is 2.17. The monoisotopic (exact) mass is 321 g/mol. The number of nitrogens with zero attached hydrogens (tertiary/aromatic N) is 1. The molecule has 122 valence electrons. The van der Waals surface area contributed by atoms with Crippen LogP contribution in [0.25, 0.3) is 0 Å². The van der Waals surface area contributed by atoms with Gasteiger partial charge in [0.05, 0.1) is 12.1 Å². The number of ether oxygens (including phenoxy) is 1. The van der Waals surface area contributed by atoms with E-state index in [4.69, 9.17) is 15.6 Å². The molecular formula is C14H15N3O6. The van der Waals surface area contributed by atoms with Crippen molar-refractivity contribution in [2.24, 2.45) is 5.73 Å². The molecule has 0 spiro atoms. The van der Waals surface area contributed by atoms with Crippen LogP contribution in [0.3, 0.4) is 0 Å². The van der Waals surface area contributed by atoms with E-state index in [1.807, 2.05) is 0 Å². The highest BCUT2D eigenvalue weighted by molar-refractivity contribution is 6.03. The van der Waals surface area contributed by atoms with Gasteiger partial charge in [0.25, 0.3) is 5.91 Å². The van der Waals surface area contributed by atoms with Gasteiger partial charge in [-0.15, -0.1) is 0 Å². The van der Waals surface area contributed by atoms with E-state index < -0.39 is 23.7 Å². The summed E-state index contributed by atoms with van der Waals surface area (Å²) in [6.45, 7) is -0.504. The molecule has 0 unspecified atom stereocenters. The van der Waals surface area contributed by atoms with Crippen LogP contribution in [0.4, 0.5) is 11.4 Å². The van der Waals surface area contributed by atoms with Crippen LogP contribution in [0.15, 0.2) is 18.2 Å². The molecule has 0 fully saturated rings. The Morgan fingerprint density at radius 1 is 1.30 bits per heavy atom. The zero-order chi connectivity index (χ0) is 17.0. The number of carboxylic acid groups (broad SMARTS) is 1. The van der Waals surface area contributed by atoms with Gasteiger partial charge in [0.2, 0.25) is 11.8 Å². The molecule has 1 heterocycles. The average Bonchev–Trinajstić information content (AvgIpc) is 2.48. The number of carbonyl (C=O) groups is 4. The molecule has 0 bridgehead atoms. The van der Waals surface area contributed by atoms with Crippen LogP contribution in [0.1, 0.15) is 12.8 Å². The van der Waals surface area contributed by atoms with Crippen LogP contribution in [0.2, 0.25) is 0 Å². The summed E-state index contributed by atoms with van der Waals surface area (Å²) in [5.74, 6) is -2.27. The number of carbonyl (C=O) groups excluding carboxylic acids is 3. The molecule has 0 saturated heterocycles. The summed E-state index contributed by atoms with van der Waals surface area (Å²) < 4.78 is 5.25. The number of rotatable bonds is 6. The maximum atomic E-state index is 11.8. The van der Waals surface area contributed by atoms with E-state index in [2.05, 4.69) is 5.32 Å². The van der Waals surface area contributed by atoms with Gasteiger partial charge in [-0.3, -0.25) is 24.1 Å². The highest BCUT2D eigenvalue weighted by Gasteiger charge is 2.27. The Hall–Kier alpha value is -3.10. The first-order valence-corrected chi connectivity index (χ1v) is 6.74. The lowest BCUT2D eigenvalue weighted by Crippen LogP contribution is -2.43. The quantitative estimate of drug-likeness (QED) is 0.657. The molecule has 0 aromatic heterocycles. The zero-order valence-electron chi connectivity index (χ0n) is 12.1. The molecule has 2 rings (SSSR count). The molecule has 9 heteroatoms. The van der Waals surface area contributed by atoms with E-state index in [1.54, 1.807) is 12.1 Å². The number of hydrogen-bond donors (Lipinski definition) is 3. The predicted octanol–water partition coefficient (Wildman–Crippen LogP) is -0.299. The molecule has 4 N–H and O–H groups in total. The maximum absolute atomic E-state index is 11.8. The standard InChI is InChI=1S/C14H15N3O6/c15-11(18)6-17-9-5-8(16-12(19)3-4-14(21)22)1-2-10(9)23-7-13(17)20/h1-2,5H,3-4,6-7H2,(H2,15,18)(H,16,19)(H,21,22). The fourth-order valence-corrected chi connectivity index (χ4v) is 2.05. The minimum atomic E-state index is -1.07. The lowest BCUT2D eigenvalue weighted by Gasteiger charge is -2.28. The minimum absolute atomic E-state index is 0.174. The van der Waals surface area contributed by atoms with Crippen molar-refractivity contribution in [3.8, 4) is 5.75 Å². The van der Waals surface area contributed by atoms with E-state index in [9.17, 15) is 19.2 Å². The number of anilines is 2. The molecule has 0 atom stereocenters. The Bertz CT molecular complexity index is 672. The van der Waals surface area contributed by atoms with Crippen LogP contribution < -0.4 is 20.7 Å². The second-order valence-electron chi connectivity index (χ2n) is 4.86. The minimum Gasteiger partial charge on any atom is -0.482 e. The smallest absolute Gasteiger partial charge is 0.303 e. The topological polar surface area (TPSA) is 139 Å². The van der Waals surface area contributed by atoms with Crippen LogP contribution >= 0.6 is 0 Å². The third-order valence-electron chi connectivity index (χ3n) is 3.07. The number of hydrogen-bond acceptors (Lipinski definition) is 5. The van der Waals surface area contributed by atoms with Crippen molar-refractivity contribution in [3.63, 3.8) is 0 Å². The molecule has 1 aliphatic heterocycles. The fourth-order valence-electron chi connectivity index (χ4n) is 2.05. The number of carboxylic acids is 1. The van der Waals surface area contributed by atoms with Gasteiger partial charge in [0.1, 0.15) is 12.3 Å². The SMILES string of the molecule is NC(=O)CN1C(=O)COc2ccc(NC(=O)CCC(=O)O)cc21. The lowest BCUT2D eigenvalue weighted by molar-refractivity contribution is -0.138. The van der Waals surface area contributed by atoms with Crippen molar-refractivity contribution in [1.29, 1.82) is 0 Å². The van der Waals surface area contributed by atoms with Crippen LogP contribution in [-0.2, 0) is 19.2 Å². The van der Waals surface area contributed by atoms with Gasteiger partial charge >= 0.3 is 5.97 Å². The molecule has 1 aromatic carbocycles. The van der Waals surface area contributed by atoms with E-state index in [0.29, 0.717) is 17.1 Å². The number of benzene rings is 1. The first kappa shape index (κ1) is 16.3. The summed E-state index contributed by atoms with van der Waals surface area (Å²) in [5.41, 5.74) is 5.80. The molecule has 9 nitrogen and oxygen atoms in total. The van der Waals surface area contributed by atoms with Gasteiger partial charge in [-0.05, 0) is 18.2 Å². The maximum Gasteiger partial charge on any atom is 0.303 e. The summed E-state index contributed by atoms with van der Waals surface area (Å²) in [5, 5.41) is 11.1. The number of amides is 3.